The highest BCUT2D eigenvalue weighted by Gasteiger charge is 2.20. The Hall–Kier alpha value is -1.61. The summed E-state index contributed by atoms with van der Waals surface area (Å²) in [6, 6.07) is 9.20. The maximum absolute atomic E-state index is 4.02. The highest BCUT2D eigenvalue weighted by atomic mass is 15.0. The van der Waals surface area contributed by atoms with Gasteiger partial charge in [-0.2, -0.15) is 0 Å². The summed E-state index contributed by atoms with van der Waals surface area (Å²) in [5.41, 5.74) is 4.09. The topological polar surface area (TPSA) is 40.7 Å². The number of nitrogens with zero attached hydrogens (tertiary/aromatic N) is 1. The molecule has 0 spiro atoms. The van der Waals surface area contributed by atoms with Gasteiger partial charge in [0.2, 0.25) is 0 Å². The van der Waals surface area contributed by atoms with Gasteiger partial charge < -0.3 is 10.3 Å². The van der Waals surface area contributed by atoms with Crippen LogP contribution >= 0.6 is 0 Å². The monoisotopic (exact) mass is 213 g/mol. The van der Waals surface area contributed by atoms with Gasteiger partial charge >= 0.3 is 0 Å². The lowest BCUT2D eigenvalue weighted by Gasteiger charge is -2.12. The molecule has 0 radical (unpaired) electrons. The second-order valence-corrected chi connectivity index (χ2v) is 4.25. The van der Waals surface area contributed by atoms with Crippen LogP contribution in [0.15, 0.2) is 36.8 Å². The molecule has 1 aliphatic rings. The van der Waals surface area contributed by atoms with Crippen molar-refractivity contribution >= 4 is 0 Å². The second-order valence-electron chi connectivity index (χ2n) is 4.25. The molecule has 1 unspecified atom stereocenters. The zero-order valence-corrected chi connectivity index (χ0v) is 9.11. The summed E-state index contributed by atoms with van der Waals surface area (Å²) < 4.78 is 0. The molecule has 3 heteroatoms. The molecule has 0 saturated heterocycles. The smallest absolute Gasteiger partial charge is 0.0922 e. The molecule has 2 aromatic rings. The molecule has 3 nitrogen and oxygen atoms in total. The molecule has 0 bridgehead atoms. The summed E-state index contributed by atoms with van der Waals surface area (Å²) >= 11 is 0. The Morgan fingerprint density at radius 2 is 2.31 bits per heavy atom. The number of hydrogen-bond acceptors (Lipinski definition) is 2. The van der Waals surface area contributed by atoms with Crippen LogP contribution in [0.25, 0.3) is 0 Å². The van der Waals surface area contributed by atoms with Crippen molar-refractivity contribution in [2.75, 3.05) is 0 Å². The number of H-pyrrole nitrogens is 1. The average Bonchev–Trinajstić information content (AvgIpc) is 2.96. The average molecular weight is 213 g/mol. The van der Waals surface area contributed by atoms with E-state index in [1.165, 1.54) is 24.0 Å². The van der Waals surface area contributed by atoms with Crippen LogP contribution < -0.4 is 5.32 Å². The molecular formula is C13H15N3. The predicted molar refractivity (Wildman–Crippen MR) is 62.9 cm³/mol. The van der Waals surface area contributed by atoms with Crippen LogP contribution in [0.5, 0.6) is 0 Å². The fourth-order valence-corrected chi connectivity index (χ4v) is 2.38. The van der Waals surface area contributed by atoms with Crippen molar-refractivity contribution in [2.24, 2.45) is 0 Å². The molecule has 1 heterocycles. The Morgan fingerprint density at radius 1 is 1.38 bits per heavy atom. The van der Waals surface area contributed by atoms with Crippen molar-refractivity contribution < 1.29 is 0 Å². The van der Waals surface area contributed by atoms with Crippen molar-refractivity contribution in [3.63, 3.8) is 0 Å². The zero-order valence-electron chi connectivity index (χ0n) is 9.11. The maximum atomic E-state index is 4.02. The first-order chi connectivity index (χ1) is 7.93. The van der Waals surface area contributed by atoms with Gasteiger partial charge in [-0.1, -0.05) is 24.3 Å². The number of aryl methyl sites for hydroxylation is 1. The van der Waals surface area contributed by atoms with Crippen LogP contribution in [-0.2, 0) is 13.0 Å². The van der Waals surface area contributed by atoms with Gasteiger partial charge in [-0.3, -0.25) is 0 Å². The molecule has 1 aromatic carbocycles. The first-order valence-corrected chi connectivity index (χ1v) is 5.72. The van der Waals surface area contributed by atoms with Crippen molar-refractivity contribution in [1.82, 2.24) is 15.3 Å². The Balaban J connectivity index is 1.69. The molecule has 0 amide bonds. The third kappa shape index (κ3) is 1.74. The van der Waals surface area contributed by atoms with E-state index in [-0.39, 0.29) is 0 Å². The normalized spacial score (nSPS) is 18.6. The van der Waals surface area contributed by atoms with Gasteiger partial charge in [-0.15, -0.1) is 0 Å². The summed E-state index contributed by atoms with van der Waals surface area (Å²) in [6.45, 7) is 0.860. The Morgan fingerprint density at radius 3 is 3.19 bits per heavy atom. The Kier molecular flexibility index (Phi) is 2.46. The van der Waals surface area contributed by atoms with E-state index in [1.54, 1.807) is 6.33 Å². The predicted octanol–water partition coefficient (Wildman–Crippen LogP) is 2.19. The van der Waals surface area contributed by atoms with E-state index >= 15 is 0 Å². The molecule has 1 atom stereocenters. The molecule has 3 rings (SSSR count). The summed E-state index contributed by atoms with van der Waals surface area (Å²) in [5.74, 6) is 0. The number of hydrogen-bond donors (Lipinski definition) is 2. The van der Waals surface area contributed by atoms with Gasteiger partial charge in [0.25, 0.3) is 0 Å². The van der Waals surface area contributed by atoms with Crippen molar-refractivity contribution in [2.45, 2.75) is 25.4 Å². The summed E-state index contributed by atoms with van der Waals surface area (Å²) in [4.78, 5) is 7.13. The van der Waals surface area contributed by atoms with Gasteiger partial charge in [0, 0.05) is 24.5 Å². The van der Waals surface area contributed by atoms with E-state index in [4.69, 9.17) is 0 Å². The minimum absolute atomic E-state index is 0.500. The third-order valence-electron chi connectivity index (χ3n) is 3.23. The van der Waals surface area contributed by atoms with Gasteiger partial charge in [0.15, 0.2) is 0 Å². The Bertz CT molecular complexity index is 462. The second kappa shape index (κ2) is 4.10. The van der Waals surface area contributed by atoms with Crippen LogP contribution in [0.1, 0.15) is 29.3 Å². The quantitative estimate of drug-likeness (QED) is 0.820. The lowest BCUT2D eigenvalue weighted by atomic mass is 10.1. The number of fused-ring (bicyclic) bond motifs is 1. The van der Waals surface area contributed by atoms with Gasteiger partial charge in [-0.25, -0.2) is 4.98 Å². The van der Waals surface area contributed by atoms with E-state index in [2.05, 4.69) is 39.6 Å². The fourth-order valence-electron chi connectivity index (χ4n) is 2.38. The number of rotatable bonds is 3. The van der Waals surface area contributed by atoms with Crippen LogP contribution in [-0.4, -0.2) is 9.97 Å². The van der Waals surface area contributed by atoms with Crippen molar-refractivity contribution in [3.05, 3.63) is 53.6 Å². The maximum Gasteiger partial charge on any atom is 0.0922 e. The van der Waals surface area contributed by atoms with Crippen molar-refractivity contribution in [3.8, 4) is 0 Å². The number of nitrogens with one attached hydrogen (secondary N) is 2. The zero-order chi connectivity index (χ0) is 10.8. The molecule has 16 heavy (non-hydrogen) atoms. The summed E-state index contributed by atoms with van der Waals surface area (Å²) in [6.07, 6.45) is 5.98. The molecule has 2 N–H and O–H groups in total. The number of aromatic amines is 1. The number of imidazole rings is 1. The first-order valence-electron chi connectivity index (χ1n) is 5.72. The molecule has 0 fully saturated rings. The van der Waals surface area contributed by atoms with E-state index in [9.17, 15) is 0 Å². The molecule has 1 aliphatic carbocycles. The lowest BCUT2D eigenvalue weighted by molar-refractivity contribution is 0.526. The van der Waals surface area contributed by atoms with Gasteiger partial charge in [-0.05, 0) is 24.0 Å². The highest BCUT2D eigenvalue weighted by molar-refractivity contribution is 5.34. The van der Waals surface area contributed by atoms with Crippen molar-refractivity contribution in [1.29, 1.82) is 0 Å². The highest BCUT2D eigenvalue weighted by Crippen LogP contribution is 2.30. The summed E-state index contributed by atoms with van der Waals surface area (Å²) in [5, 5.41) is 3.57. The van der Waals surface area contributed by atoms with E-state index < -0.39 is 0 Å². The lowest BCUT2D eigenvalue weighted by Crippen LogP contribution is -2.18. The summed E-state index contributed by atoms with van der Waals surface area (Å²) in [7, 11) is 0. The third-order valence-corrected chi connectivity index (χ3v) is 3.23. The largest absolute Gasteiger partial charge is 0.347 e. The van der Waals surface area contributed by atoms with E-state index in [0.29, 0.717) is 6.04 Å². The fraction of sp³-hybridized carbons (Fsp3) is 0.308. The number of benzene rings is 1. The van der Waals surface area contributed by atoms with Crippen LogP contribution in [0.2, 0.25) is 0 Å². The molecule has 0 saturated carbocycles. The molecule has 82 valence electrons. The van der Waals surface area contributed by atoms with Crippen LogP contribution in [0.3, 0.4) is 0 Å². The standard InChI is InChI=1S/C13H15N3/c1-2-4-12-10(3-1)5-6-13(12)15-8-11-7-14-9-16-11/h1-4,7,9,13,15H,5-6,8H2,(H,14,16). The van der Waals surface area contributed by atoms with E-state index in [1.807, 2.05) is 6.20 Å². The molecule has 0 aliphatic heterocycles. The SMILES string of the molecule is c1ccc2c(c1)CCC2NCc1cnc[nH]1. The minimum Gasteiger partial charge on any atom is -0.347 e. The Labute approximate surface area is 94.9 Å². The van der Waals surface area contributed by atoms with Gasteiger partial charge in [0.05, 0.1) is 6.33 Å². The number of aromatic nitrogens is 2. The van der Waals surface area contributed by atoms with Crippen LogP contribution in [0.4, 0.5) is 0 Å². The first kappa shape index (κ1) is 9.60. The van der Waals surface area contributed by atoms with Crippen LogP contribution in [0, 0.1) is 0 Å². The van der Waals surface area contributed by atoms with E-state index in [0.717, 1.165) is 12.2 Å². The molecular weight excluding hydrogens is 198 g/mol. The minimum atomic E-state index is 0.500. The van der Waals surface area contributed by atoms with Gasteiger partial charge in [0.1, 0.15) is 0 Å². The molecule has 1 aromatic heterocycles.